The smallest absolute Gasteiger partial charge is 0.315 e. The van der Waals surface area contributed by atoms with Gasteiger partial charge in [0.2, 0.25) is 5.75 Å². The van der Waals surface area contributed by atoms with Crippen LogP contribution in [0.5, 0.6) is 5.75 Å². The first-order chi connectivity index (χ1) is 9.47. The van der Waals surface area contributed by atoms with Gasteiger partial charge in [-0.3, -0.25) is 10.1 Å². The van der Waals surface area contributed by atoms with Gasteiger partial charge in [0.1, 0.15) is 18.2 Å². The molecule has 1 aromatic carbocycles. The zero-order chi connectivity index (χ0) is 14.7. The standard InChI is InChI=1S/C12H9BrFN3O3/c13-9-4-7(14)5-10(17(18)19)12(9)20-6-8-2-1-3-11(15)16-8/h1-5H,6H2,(H2,15,16). The van der Waals surface area contributed by atoms with Crippen molar-refractivity contribution in [2.24, 2.45) is 0 Å². The Morgan fingerprint density at radius 3 is 2.85 bits per heavy atom. The second-order valence-electron chi connectivity index (χ2n) is 3.84. The molecule has 0 aliphatic heterocycles. The summed E-state index contributed by atoms with van der Waals surface area (Å²) in [6, 6.07) is 6.86. The Morgan fingerprint density at radius 2 is 2.20 bits per heavy atom. The number of nitrogens with zero attached hydrogens (tertiary/aromatic N) is 2. The van der Waals surface area contributed by atoms with E-state index in [9.17, 15) is 14.5 Å². The molecule has 1 aromatic heterocycles. The summed E-state index contributed by atoms with van der Waals surface area (Å²) in [5.74, 6) is -0.461. The number of aromatic nitrogens is 1. The first kappa shape index (κ1) is 14.2. The number of benzene rings is 1. The first-order valence-corrected chi connectivity index (χ1v) is 6.24. The van der Waals surface area contributed by atoms with E-state index in [0.717, 1.165) is 12.1 Å². The maximum absolute atomic E-state index is 13.2. The molecular formula is C12H9BrFN3O3. The quantitative estimate of drug-likeness (QED) is 0.681. The number of pyridine rings is 1. The predicted molar refractivity (Wildman–Crippen MR) is 73.7 cm³/mol. The number of nitro benzene ring substituents is 1. The highest BCUT2D eigenvalue weighted by Gasteiger charge is 2.20. The lowest BCUT2D eigenvalue weighted by molar-refractivity contribution is -0.386. The predicted octanol–water partition coefficient (Wildman–Crippen LogP) is 3.05. The van der Waals surface area contributed by atoms with Gasteiger partial charge in [0.05, 0.1) is 21.2 Å². The van der Waals surface area contributed by atoms with E-state index in [0.29, 0.717) is 11.5 Å². The zero-order valence-corrected chi connectivity index (χ0v) is 11.6. The van der Waals surface area contributed by atoms with E-state index in [-0.39, 0.29) is 16.8 Å². The van der Waals surface area contributed by atoms with Gasteiger partial charge in [-0.25, -0.2) is 9.37 Å². The van der Waals surface area contributed by atoms with Gasteiger partial charge in [0, 0.05) is 0 Å². The maximum Gasteiger partial charge on any atom is 0.315 e. The molecule has 0 bridgehead atoms. The number of halogens is 2. The third-order valence-corrected chi connectivity index (χ3v) is 2.97. The Morgan fingerprint density at radius 1 is 1.45 bits per heavy atom. The zero-order valence-electron chi connectivity index (χ0n) is 10.0. The van der Waals surface area contributed by atoms with Crippen molar-refractivity contribution in [1.82, 2.24) is 4.98 Å². The number of hydrogen-bond acceptors (Lipinski definition) is 5. The molecule has 2 N–H and O–H groups in total. The number of ether oxygens (including phenoxy) is 1. The van der Waals surface area contributed by atoms with Crippen LogP contribution in [0.1, 0.15) is 5.69 Å². The second-order valence-corrected chi connectivity index (χ2v) is 4.69. The minimum absolute atomic E-state index is 0.0177. The van der Waals surface area contributed by atoms with E-state index in [1.165, 1.54) is 0 Å². The third kappa shape index (κ3) is 3.21. The van der Waals surface area contributed by atoms with Gasteiger partial charge in [0.15, 0.2) is 0 Å². The van der Waals surface area contributed by atoms with Crippen LogP contribution in [0.4, 0.5) is 15.9 Å². The Hall–Kier alpha value is -2.22. The molecule has 0 unspecified atom stereocenters. The lowest BCUT2D eigenvalue weighted by atomic mass is 10.3. The summed E-state index contributed by atoms with van der Waals surface area (Å²) in [4.78, 5) is 14.2. The van der Waals surface area contributed by atoms with E-state index in [1.54, 1.807) is 18.2 Å². The van der Waals surface area contributed by atoms with E-state index in [2.05, 4.69) is 20.9 Å². The first-order valence-electron chi connectivity index (χ1n) is 5.45. The molecule has 2 rings (SSSR count). The molecule has 0 fully saturated rings. The minimum Gasteiger partial charge on any atom is -0.480 e. The lowest BCUT2D eigenvalue weighted by Gasteiger charge is -2.08. The van der Waals surface area contributed by atoms with Crippen molar-refractivity contribution in [3.63, 3.8) is 0 Å². The lowest BCUT2D eigenvalue weighted by Crippen LogP contribution is -2.03. The van der Waals surface area contributed by atoms with Crippen LogP contribution in [0.3, 0.4) is 0 Å². The molecule has 1 heterocycles. The van der Waals surface area contributed by atoms with Crippen molar-refractivity contribution in [3.8, 4) is 5.75 Å². The number of rotatable bonds is 4. The van der Waals surface area contributed by atoms with Gasteiger partial charge in [-0.05, 0) is 34.1 Å². The molecule has 0 saturated carbocycles. The largest absolute Gasteiger partial charge is 0.480 e. The summed E-state index contributed by atoms with van der Waals surface area (Å²) in [5, 5.41) is 10.9. The molecule has 104 valence electrons. The molecule has 0 spiro atoms. The number of nitrogens with two attached hydrogens (primary N) is 1. The van der Waals surface area contributed by atoms with E-state index in [1.807, 2.05) is 0 Å². The summed E-state index contributed by atoms with van der Waals surface area (Å²) in [6.07, 6.45) is 0. The maximum atomic E-state index is 13.2. The molecule has 20 heavy (non-hydrogen) atoms. The Balaban J connectivity index is 2.27. The van der Waals surface area contributed by atoms with Crippen molar-refractivity contribution in [3.05, 3.63) is 56.4 Å². The SMILES string of the molecule is Nc1cccc(COc2c(Br)cc(F)cc2[N+](=O)[O-])n1. The Kier molecular flexibility index (Phi) is 4.14. The average molecular weight is 342 g/mol. The van der Waals surface area contributed by atoms with Gasteiger partial charge in [-0.2, -0.15) is 0 Å². The molecule has 0 radical (unpaired) electrons. The van der Waals surface area contributed by atoms with Crippen molar-refractivity contribution >= 4 is 27.4 Å². The molecule has 0 aliphatic carbocycles. The van der Waals surface area contributed by atoms with Gasteiger partial charge in [0.25, 0.3) is 0 Å². The van der Waals surface area contributed by atoms with Crippen molar-refractivity contribution in [1.29, 1.82) is 0 Å². The topological polar surface area (TPSA) is 91.3 Å². The van der Waals surface area contributed by atoms with Crippen LogP contribution in [-0.4, -0.2) is 9.91 Å². The normalized spacial score (nSPS) is 10.3. The molecule has 0 saturated heterocycles. The van der Waals surface area contributed by atoms with E-state index < -0.39 is 16.4 Å². The molecule has 2 aromatic rings. The van der Waals surface area contributed by atoms with Crippen LogP contribution in [0.15, 0.2) is 34.8 Å². The third-order valence-electron chi connectivity index (χ3n) is 2.38. The average Bonchev–Trinajstić information content (AvgIpc) is 2.36. The fourth-order valence-electron chi connectivity index (χ4n) is 1.55. The Labute approximate surface area is 121 Å². The molecule has 6 nitrogen and oxygen atoms in total. The van der Waals surface area contributed by atoms with Gasteiger partial charge in [-0.15, -0.1) is 0 Å². The molecular weight excluding hydrogens is 333 g/mol. The van der Waals surface area contributed by atoms with Crippen LogP contribution >= 0.6 is 15.9 Å². The highest BCUT2D eigenvalue weighted by molar-refractivity contribution is 9.10. The summed E-state index contributed by atoms with van der Waals surface area (Å²) in [7, 11) is 0. The fourth-order valence-corrected chi connectivity index (χ4v) is 2.09. The minimum atomic E-state index is -0.724. The van der Waals surface area contributed by atoms with Crippen LogP contribution in [0, 0.1) is 15.9 Å². The van der Waals surface area contributed by atoms with Crippen molar-refractivity contribution in [2.45, 2.75) is 6.61 Å². The summed E-state index contributed by atoms with van der Waals surface area (Å²) < 4.78 is 18.7. The van der Waals surface area contributed by atoms with E-state index >= 15 is 0 Å². The molecule has 0 aliphatic rings. The van der Waals surface area contributed by atoms with Gasteiger partial charge < -0.3 is 10.5 Å². The monoisotopic (exact) mass is 341 g/mol. The number of hydrogen-bond donors (Lipinski definition) is 1. The summed E-state index contributed by atoms with van der Waals surface area (Å²) >= 11 is 3.04. The summed E-state index contributed by atoms with van der Waals surface area (Å²) in [6.45, 7) is -0.0177. The molecule has 8 heteroatoms. The number of nitro groups is 1. The van der Waals surface area contributed by atoms with Crippen molar-refractivity contribution in [2.75, 3.05) is 5.73 Å². The van der Waals surface area contributed by atoms with Crippen LogP contribution in [0.2, 0.25) is 0 Å². The highest BCUT2D eigenvalue weighted by atomic mass is 79.9. The molecule has 0 amide bonds. The highest BCUT2D eigenvalue weighted by Crippen LogP contribution is 2.36. The van der Waals surface area contributed by atoms with E-state index in [4.69, 9.17) is 10.5 Å². The number of anilines is 1. The molecule has 0 atom stereocenters. The van der Waals surface area contributed by atoms with Crippen LogP contribution in [0.25, 0.3) is 0 Å². The van der Waals surface area contributed by atoms with Crippen molar-refractivity contribution < 1.29 is 14.1 Å². The Bertz CT molecular complexity index is 666. The van der Waals surface area contributed by atoms with Crippen LogP contribution in [-0.2, 0) is 6.61 Å². The summed E-state index contributed by atoms with van der Waals surface area (Å²) in [5.41, 5.74) is 5.57. The second kappa shape index (κ2) is 5.83. The number of nitrogen functional groups attached to an aromatic ring is 1. The fraction of sp³-hybridized carbons (Fsp3) is 0.0833. The van der Waals surface area contributed by atoms with Crippen LogP contribution < -0.4 is 10.5 Å². The van der Waals surface area contributed by atoms with Gasteiger partial charge >= 0.3 is 5.69 Å². The van der Waals surface area contributed by atoms with Gasteiger partial charge in [-0.1, -0.05) is 6.07 Å².